The molecule has 2 aromatic rings. The molecule has 2 atom stereocenters. The van der Waals surface area contributed by atoms with Crippen molar-refractivity contribution in [3.63, 3.8) is 0 Å². The highest BCUT2D eigenvalue weighted by Crippen LogP contribution is 2.42. The highest BCUT2D eigenvalue weighted by Gasteiger charge is 2.30. The van der Waals surface area contributed by atoms with Gasteiger partial charge in [-0.15, -0.1) is 0 Å². The van der Waals surface area contributed by atoms with E-state index in [4.69, 9.17) is 0 Å². The zero-order valence-corrected chi connectivity index (χ0v) is 12.5. The van der Waals surface area contributed by atoms with Crippen LogP contribution in [0.1, 0.15) is 51.8 Å². The average Bonchev–Trinajstić information content (AvgIpc) is 2.39. The second-order valence-electron chi connectivity index (χ2n) is 6.16. The fraction of sp³-hybridized carbons (Fsp3) is 0.368. The quantitative estimate of drug-likeness (QED) is 0.812. The van der Waals surface area contributed by atoms with E-state index < -0.39 is 0 Å². The molecule has 0 aromatic heterocycles. The van der Waals surface area contributed by atoms with Gasteiger partial charge < -0.3 is 5.11 Å². The van der Waals surface area contributed by atoms with E-state index in [9.17, 15) is 5.11 Å². The van der Waals surface area contributed by atoms with Gasteiger partial charge in [-0.2, -0.15) is 0 Å². The van der Waals surface area contributed by atoms with Crippen LogP contribution in [0.3, 0.4) is 0 Å². The van der Waals surface area contributed by atoms with Crippen molar-refractivity contribution < 1.29 is 5.11 Å². The van der Waals surface area contributed by atoms with Crippen LogP contribution in [0.5, 0.6) is 0 Å². The number of benzene rings is 2. The number of aliphatic hydroxyl groups is 1. The second-order valence-corrected chi connectivity index (χ2v) is 6.16. The van der Waals surface area contributed by atoms with E-state index in [1.54, 1.807) is 0 Å². The molecule has 0 amide bonds. The minimum atomic E-state index is -0.373. The summed E-state index contributed by atoms with van der Waals surface area (Å²) in [4.78, 5) is 0. The van der Waals surface area contributed by atoms with Gasteiger partial charge in [0.2, 0.25) is 0 Å². The highest BCUT2D eigenvalue weighted by molar-refractivity contribution is 5.44. The smallest absolute Gasteiger partial charge is 0.0863 e. The van der Waals surface area contributed by atoms with Crippen LogP contribution in [0.2, 0.25) is 0 Å². The average molecular weight is 266 g/mol. The van der Waals surface area contributed by atoms with Gasteiger partial charge in [0, 0.05) is 5.92 Å². The molecule has 1 N–H and O–H groups in total. The Labute approximate surface area is 121 Å². The normalized spacial score (nSPS) is 21.6. The van der Waals surface area contributed by atoms with Crippen molar-refractivity contribution in [3.8, 4) is 0 Å². The lowest BCUT2D eigenvalue weighted by molar-refractivity contribution is 0.131. The van der Waals surface area contributed by atoms with Gasteiger partial charge in [-0.1, -0.05) is 47.5 Å². The fourth-order valence-electron chi connectivity index (χ4n) is 3.53. The molecular weight excluding hydrogens is 244 g/mol. The molecule has 1 aliphatic rings. The van der Waals surface area contributed by atoms with Crippen molar-refractivity contribution >= 4 is 0 Å². The zero-order chi connectivity index (χ0) is 14.3. The van der Waals surface area contributed by atoms with Gasteiger partial charge in [-0.05, 0) is 55.9 Å². The molecule has 20 heavy (non-hydrogen) atoms. The van der Waals surface area contributed by atoms with E-state index >= 15 is 0 Å². The van der Waals surface area contributed by atoms with Gasteiger partial charge in [0.15, 0.2) is 0 Å². The number of fused-ring (bicyclic) bond motifs is 1. The van der Waals surface area contributed by atoms with Gasteiger partial charge >= 0.3 is 0 Å². The van der Waals surface area contributed by atoms with Gasteiger partial charge in [-0.3, -0.25) is 0 Å². The molecule has 0 saturated heterocycles. The van der Waals surface area contributed by atoms with Crippen molar-refractivity contribution in [2.75, 3.05) is 0 Å². The lowest BCUT2D eigenvalue weighted by Gasteiger charge is -2.32. The van der Waals surface area contributed by atoms with Crippen LogP contribution in [0.15, 0.2) is 36.4 Å². The largest absolute Gasteiger partial charge is 0.388 e. The lowest BCUT2D eigenvalue weighted by atomic mass is 9.76. The Hall–Kier alpha value is -1.60. The molecular formula is C19H22O. The van der Waals surface area contributed by atoms with Crippen molar-refractivity contribution in [2.24, 2.45) is 0 Å². The Morgan fingerprint density at radius 3 is 2.35 bits per heavy atom. The van der Waals surface area contributed by atoms with Gasteiger partial charge in [0.05, 0.1) is 6.10 Å². The predicted octanol–water partition coefficient (Wildman–Crippen LogP) is 4.38. The number of rotatable bonds is 1. The van der Waals surface area contributed by atoms with Crippen LogP contribution in [0, 0.1) is 20.8 Å². The minimum Gasteiger partial charge on any atom is -0.388 e. The predicted molar refractivity (Wildman–Crippen MR) is 83.1 cm³/mol. The summed E-state index contributed by atoms with van der Waals surface area (Å²) in [6.07, 6.45) is 1.72. The molecule has 3 rings (SSSR count). The second kappa shape index (κ2) is 5.06. The van der Waals surface area contributed by atoms with Crippen molar-refractivity contribution in [3.05, 3.63) is 69.8 Å². The summed E-state index contributed by atoms with van der Waals surface area (Å²) in [6, 6.07) is 13.0. The number of aliphatic hydroxyl groups excluding tert-OH is 1. The molecule has 0 bridgehead atoms. The Bertz CT molecular complexity index is 625. The molecule has 0 fully saturated rings. The van der Waals surface area contributed by atoms with Gasteiger partial charge in [0.1, 0.15) is 0 Å². The standard InChI is InChI=1S/C19H22O/c1-12-4-6-15(7-5-12)17-9-8-16-11-13(2)10-14(3)18(16)19(17)20/h4-7,10-11,17,19-20H,8-9H2,1-3H3. The Kier molecular flexibility index (Phi) is 3.39. The summed E-state index contributed by atoms with van der Waals surface area (Å²) < 4.78 is 0. The summed E-state index contributed by atoms with van der Waals surface area (Å²) >= 11 is 0. The molecule has 104 valence electrons. The topological polar surface area (TPSA) is 20.2 Å². The summed E-state index contributed by atoms with van der Waals surface area (Å²) in [5, 5.41) is 10.8. The first-order valence-corrected chi connectivity index (χ1v) is 7.41. The molecule has 2 unspecified atom stereocenters. The van der Waals surface area contributed by atoms with Gasteiger partial charge in [-0.25, -0.2) is 0 Å². The SMILES string of the molecule is Cc1ccc(C2CCc3cc(C)cc(C)c3C2O)cc1. The van der Waals surface area contributed by atoms with Crippen LogP contribution in [-0.4, -0.2) is 5.11 Å². The fourth-order valence-corrected chi connectivity index (χ4v) is 3.53. The summed E-state index contributed by atoms with van der Waals surface area (Å²) in [7, 11) is 0. The molecule has 1 heteroatoms. The van der Waals surface area contributed by atoms with Crippen LogP contribution >= 0.6 is 0 Å². The van der Waals surface area contributed by atoms with E-state index in [0.717, 1.165) is 18.4 Å². The molecule has 0 heterocycles. The maximum atomic E-state index is 10.8. The monoisotopic (exact) mass is 266 g/mol. The number of hydrogen-bond acceptors (Lipinski definition) is 1. The first kappa shape index (κ1) is 13.4. The maximum Gasteiger partial charge on any atom is 0.0863 e. The summed E-state index contributed by atoms with van der Waals surface area (Å²) in [5.74, 6) is 0.226. The van der Waals surface area contributed by atoms with Crippen LogP contribution in [0.4, 0.5) is 0 Å². The Morgan fingerprint density at radius 1 is 0.950 bits per heavy atom. The number of aryl methyl sites for hydroxylation is 4. The lowest BCUT2D eigenvalue weighted by Crippen LogP contribution is -2.20. The molecule has 0 radical (unpaired) electrons. The molecule has 0 aliphatic heterocycles. The van der Waals surface area contributed by atoms with Gasteiger partial charge in [0.25, 0.3) is 0 Å². The molecule has 2 aromatic carbocycles. The summed E-state index contributed by atoms with van der Waals surface area (Å²) in [6.45, 7) is 6.35. The van der Waals surface area contributed by atoms with E-state index in [-0.39, 0.29) is 12.0 Å². The van der Waals surface area contributed by atoms with E-state index in [0.29, 0.717) is 0 Å². The third-order valence-corrected chi connectivity index (χ3v) is 4.52. The molecule has 1 nitrogen and oxygen atoms in total. The van der Waals surface area contributed by atoms with E-state index in [2.05, 4.69) is 57.2 Å². The van der Waals surface area contributed by atoms with Crippen molar-refractivity contribution in [2.45, 2.75) is 45.6 Å². The Balaban J connectivity index is 2.00. The van der Waals surface area contributed by atoms with E-state index in [1.165, 1.54) is 27.8 Å². The third kappa shape index (κ3) is 2.27. The molecule has 0 spiro atoms. The van der Waals surface area contributed by atoms with Crippen LogP contribution < -0.4 is 0 Å². The third-order valence-electron chi connectivity index (χ3n) is 4.52. The highest BCUT2D eigenvalue weighted by atomic mass is 16.3. The molecule has 1 aliphatic carbocycles. The summed E-state index contributed by atoms with van der Waals surface area (Å²) in [5.41, 5.74) is 7.54. The Morgan fingerprint density at radius 2 is 1.65 bits per heavy atom. The minimum absolute atomic E-state index is 0.226. The van der Waals surface area contributed by atoms with Crippen molar-refractivity contribution in [1.29, 1.82) is 0 Å². The maximum absolute atomic E-state index is 10.8. The van der Waals surface area contributed by atoms with Crippen LogP contribution in [-0.2, 0) is 6.42 Å². The zero-order valence-electron chi connectivity index (χ0n) is 12.5. The van der Waals surface area contributed by atoms with E-state index in [1.807, 2.05) is 0 Å². The molecule has 0 saturated carbocycles. The number of hydrogen-bond donors (Lipinski definition) is 1. The first-order valence-electron chi connectivity index (χ1n) is 7.41. The van der Waals surface area contributed by atoms with Crippen molar-refractivity contribution in [1.82, 2.24) is 0 Å². The van der Waals surface area contributed by atoms with Crippen LogP contribution in [0.25, 0.3) is 0 Å². The first-order chi connectivity index (χ1) is 9.56.